The zero-order valence-electron chi connectivity index (χ0n) is 16.3. The predicted octanol–water partition coefficient (Wildman–Crippen LogP) is 2.27. The van der Waals surface area contributed by atoms with Crippen LogP contribution in [0.4, 0.5) is 0 Å². The average molecular weight is 390 g/mol. The summed E-state index contributed by atoms with van der Waals surface area (Å²) >= 11 is 0. The van der Waals surface area contributed by atoms with Gasteiger partial charge in [-0.3, -0.25) is 19.5 Å². The minimum absolute atomic E-state index is 0.267. The minimum Gasteiger partial charge on any atom is -0.497 e. The second-order valence-corrected chi connectivity index (χ2v) is 6.92. The lowest BCUT2D eigenvalue weighted by Gasteiger charge is -2.28. The summed E-state index contributed by atoms with van der Waals surface area (Å²) in [4.78, 5) is 32.0. The highest BCUT2D eigenvalue weighted by atomic mass is 16.5. The maximum absolute atomic E-state index is 13.5. The molecule has 7 heteroatoms. The maximum Gasteiger partial charge on any atom is 0.262 e. The van der Waals surface area contributed by atoms with E-state index in [2.05, 4.69) is 10.3 Å². The number of hydrogen-bond acceptors (Lipinski definition) is 5. The van der Waals surface area contributed by atoms with Gasteiger partial charge in [0.25, 0.3) is 11.8 Å². The Balaban J connectivity index is 1.93. The molecule has 1 aromatic heterocycles. The van der Waals surface area contributed by atoms with Gasteiger partial charge in [0.2, 0.25) is 0 Å². The number of fused-ring (bicyclic) bond motifs is 1. The van der Waals surface area contributed by atoms with Crippen LogP contribution < -0.4 is 15.8 Å². The molecule has 2 aliphatic heterocycles. The minimum atomic E-state index is -0.526. The van der Waals surface area contributed by atoms with Gasteiger partial charge in [-0.25, -0.2) is 0 Å². The summed E-state index contributed by atoms with van der Waals surface area (Å²) in [7, 11) is 1.59. The standard InChI is InChI=1S/C22H22N4O3/c1-3-4-16(23)26-20(14-5-7-15(29-2)8-6-14)18-17(22(26)28)19(25-21(18)27)13-9-11-24-12-10-13/h5-12,16H,3-4,23H2,1-2H3,(H,25,27). The first-order chi connectivity index (χ1) is 14.1. The van der Waals surface area contributed by atoms with E-state index in [4.69, 9.17) is 10.5 Å². The van der Waals surface area contributed by atoms with Gasteiger partial charge in [-0.15, -0.1) is 0 Å². The fourth-order valence-corrected chi connectivity index (χ4v) is 3.77. The molecule has 3 N–H and O–H groups in total. The summed E-state index contributed by atoms with van der Waals surface area (Å²) in [5.41, 5.74) is 9.60. The van der Waals surface area contributed by atoms with Crippen molar-refractivity contribution in [3.8, 4) is 5.75 Å². The fourth-order valence-electron chi connectivity index (χ4n) is 3.77. The Bertz CT molecular complexity index is 1030. The molecule has 0 fully saturated rings. The number of nitrogens with zero attached hydrogens (tertiary/aromatic N) is 2. The van der Waals surface area contributed by atoms with Crippen LogP contribution in [-0.2, 0) is 9.59 Å². The maximum atomic E-state index is 13.5. The van der Waals surface area contributed by atoms with Crippen molar-refractivity contribution < 1.29 is 14.3 Å². The largest absolute Gasteiger partial charge is 0.497 e. The second-order valence-electron chi connectivity index (χ2n) is 6.92. The molecule has 2 amide bonds. The predicted molar refractivity (Wildman–Crippen MR) is 109 cm³/mol. The van der Waals surface area contributed by atoms with Gasteiger partial charge < -0.3 is 15.8 Å². The number of hydrogen-bond donors (Lipinski definition) is 2. The molecule has 2 aromatic rings. The van der Waals surface area contributed by atoms with E-state index < -0.39 is 6.17 Å². The topological polar surface area (TPSA) is 97.5 Å². The van der Waals surface area contributed by atoms with Gasteiger partial charge in [0.15, 0.2) is 0 Å². The highest BCUT2D eigenvalue weighted by Gasteiger charge is 2.46. The molecular weight excluding hydrogens is 368 g/mol. The summed E-state index contributed by atoms with van der Waals surface area (Å²) in [6.07, 6.45) is 4.17. The Morgan fingerprint density at radius 2 is 1.76 bits per heavy atom. The van der Waals surface area contributed by atoms with Gasteiger partial charge in [-0.2, -0.15) is 0 Å². The van der Waals surface area contributed by atoms with Gasteiger partial charge in [0.1, 0.15) is 5.75 Å². The lowest BCUT2D eigenvalue weighted by molar-refractivity contribution is -0.124. The summed E-state index contributed by atoms with van der Waals surface area (Å²) < 4.78 is 5.23. The number of pyridine rings is 1. The van der Waals surface area contributed by atoms with Crippen LogP contribution in [0.3, 0.4) is 0 Å². The number of aromatic nitrogens is 1. The number of amides is 2. The first-order valence-electron chi connectivity index (χ1n) is 9.51. The van der Waals surface area contributed by atoms with Gasteiger partial charge in [0.05, 0.1) is 35.8 Å². The Morgan fingerprint density at radius 3 is 2.38 bits per heavy atom. The number of rotatable bonds is 6. The lowest BCUT2D eigenvalue weighted by Crippen LogP contribution is -2.42. The first-order valence-corrected chi connectivity index (χ1v) is 9.51. The van der Waals surface area contributed by atoms with Crippen LogP contribution in [0.25, 0.3) is 11.4 Å². The molecule has 0 aliphatic carbocycles. The van der Waals surface area contributed by atoms with Crippen molar-refractivity contribution in [3.63, 3.8) is 0 Å². The normalized spacial score (nSPS) is 17.0. The molecular formula is C22H22N4O3. The zero-order valence-corrected chi connectivity index (χ0v) is 16.3. The van der Waals surface area contributed by atoms with Crippen LogP contribution in [0.1, 0.15) is 30.9 Å². The van der Waals surface area contributed by atoms with Gasteiger partial charge in [0, 0.05) is 18.0 Å². The fraction of sp³-hybridized carbons (Fsp3) is 0.227. The molecule has 1 aromatic carbocycles. The summed E-state index contributed by atoms with van der Waals surface area (Å²) in [6, 6.07) is 10.8. The van der Waals surface area contributed by atoms with E-state index in [1.54, 1.807) is 48.7 Å². The molecule has 0 radical (unpaired) electrons. The summed E-state index contributed by atoms with van der Waals surface area (Å²) in [6.45, 7) is 2.01. The number of ether oxygens (including phenoxy) is 1. The molecule has 0 saturated heterocycles. The monoisotopic (exact) mass is 390 g/mol. The molecule has 1 unspecified atom stereocenters. The number of benzene rings is 1. The number of carbonyl (C=O) groups is 2. The Kier molecular flexibility index (Phi) is 4.90. The van der Waals surface area contributed by atoms with Gasteiger partial charge >= 0.3 is 0 Å². The molecule has 148 valence electrons. The third kappa shape index (κ3) is 3.09. The number of methoxy groups -OCH3 is 1. The SMILES string of the molecule is CCCC(N)N1C(=O)C2=C(c3ccncc3)NC(=O)C2=C1c1ccc(OC)cc1. The molecule has 4 rings (SSSR count). The number of carbonyl (C=O) groups excluding carboxylic acids is 2. The molecule has 1 atom stereocenters. The summed E-state index contributed by atoms with van der Waals surface area (Å²) in [5, 5.41) is 2.86. The van der Waals surface area contributed by atoms with E-state index in [1.807, 2.05) is 19.1 Å². The van der Waals surface area contributed by atoms with Crippen LogP contribution in [0.2, 0.25) is 0 Å². The van der Waals surface area contributed by atoms with Crippen molar-refractivity contribution in [3.05, 3.63) is 71.1 Å². The number of nitrogens with two attached hydrogens (primary N) is 1. The third-order valence-electron chi connectivity index (χ3n) is 5.12. The second kappa shape index (κ2) is 7.52. The zero-order chi connectivity index (χ0) is 20.5. The van der Waals surface area contributed by atoms with Crippen molar-refractivity contribution in [2.75, 3.05) is 7.11 Å². The Hall–Kier alpha value is -3.45. The molecule has 0 bridgehead atoms. The molecule has 2 aliphatic rings. The average Bonchev–Trinajstić information content (AvgIpc) is 3.24. The van der Waals surface area contributed by atoms with E-state index in [9.17, 15) is 9.59 Å². The van der Waals surface area contributed by atoms with Gasteiger partial charge in [-0.05, 0) is 48.4 Å². The summed E-state index contributed by atoms with van der Waals surface area (Å²) in [5.74, 6) is 0.117. The van der Waals surface area contributed by atoms with Crippen LogP contribution in [-0.4, -0.2) is 35.0 Å². The highest BCUT2D eigenvalue weighted by Crippen LogP contribution is 2.43. The van der Waals surface area contributed by atoms with E-state index >= 15 is 0 Å². The van der Waals surface area contributed by atoms with Crippen LogP contribution in [0, 0.1) is 0 Å². The Morgan fingerprint density at radius 1 is 1.07 bits per heavy atom. The van der Waals surface area contributed by atoms with E-state index in [0.29, 0.717) is 34.7 Å². The van der Waals surface area contributed by atoms with Crippen LogP contribution in [0.5, 0.6) is 5.75 Å². The molecule has 0 saturated carbocycles. The van der Waals surface area contributed by atoms with E-state index in [-0.39, 0.29) is 11.8 Å². The first kappa shape index (κ1) is 18.9. The molecule has 7 nitrogen and oxygen atoms in total. The van der Waals surface area contributed by atoms with Crippen LogP contribution >= 0.6 is 0 Å². The smallest absolute Gasteiger partial charge is 0.262 e. The van der Waals surface area contributed by atoms with Crippen molar-refractivity contribution in [1.82, 2.24) is 15.2 Å². The Labute approximate surface area is 168 Å². The van der Waals surface area contributed by atoms with E-state index in [0.717, 1.165) is 17.5 Å². The van der Waals surface area contributed by atoms with E-state index in [1.165, 1.54) is 0 Å². The van der Waals surface area contributed by atoms with Crippen molar-refractivity contribution >= 4 is 23.2 Å². The quantitative estimate of drug-likeness (QED) is 0.789. The van der Waals surface area contributed by atoms with Crippen molar-refractivity contribution in [2.24, 2.45) is 5.73 Å². The highest BCUT2D eigenvalue weighted by molar-refractivity contribution is 6.30. The molecule has 0 spiro atoms. The molecule has 3 heterocycles. The van der Waals surface area contributed by atoms with Gasteiger partial charge in [-0.1, -0.05) is 13.3 Å². The van der Waals surface area contributed by atoms with Crippen LogP contribution in [0.15, 0.2) is 59.9 Å². The molecule has 29 heavy (non-hydrogen) atoms. The van der Waals surface area contributed by atoms with Crippen molar-refractivity contribution in [2.45, 2.75) is 25.9 Å². The lowest BCUT2D eigenvalue weighted by atomic mass is 10.0. The number of nitrogens with one attached hydrogen (secondary N) is 1. The third-order valence-corrected chi connectivity index (χ3v) is 5.12. The van der Waals surface area contributed by atoms with Crippen molar-refractivity contribution in [1.29, 1.82) is 0 Å².